The van der Waals surface area contributed by atoms with Crippen molar-refractivity contribution in [3.8, 4) is 11.9 Å². The van der Waals surface area contributed by atoms with Gasteiger partial charge in [-0.05, 0) is 56.5 Å². The predicted octanol–water partition coefficient (Wildman–Crippen LogP) is 5.98. The van der Waals surface area contributed by atoms with Crippen LogP contribution in [0.5, 0.6) is 5.75 Å². The maximum atomic E-state index is 8.90. The summed E-state index contributed by atoms with van der Waals surface area (Å²) in [6, 6.07) is 20.3. The number of nitrogens with two attached hydrogens (primary N) is 1. The third-order valence-corrected chi connectivity index (χ3v) is 6.95. The zero-order chi connectivity index (χ0) is 26.0. The second-order valence-corrected chi connectivity index (χ2v) is 9.80. The highest BCUT2D eigenvalue weighted by Gasteiger charge is 2.16. The molecule has 1 aliphatic rings. The molecule has 40 heavy (non-hydrogen) atoms. The number of ether oxygens (including phenoxy) is 1. The lowest BCUT2D eigenvalue weighted by Crippen LogP contribution is -2.46. The number of hydrogen-bond donors (Lipinski definition) is 1. The molecule has 10 heteroatoms. The Balaban J connectivity index is 0.00000507. The topological polar surface area (TPSA) is 81.1 Å². The SMILES string of the molecule is Cl.Cl.Cl.N#CN=C(N)N(CCCCN1CCN(CCCCCCCOc2ccccc2)CC1)Cc1ccccc1. The quantitative estimate of drug-likeness (QED) is 0.109. The molecule has 1 aliphatic heterocycles. The summed E-state index contributed by atoms with van der Waals surface area (Å²) in [6.07, 6.45) is 10.3. The molecule has 1 fully saturated rings. The van der Waals surface area contributed by atoms with Crippen LogP contribution in [0, 0.1) is 11.5 Å². The number of rotatable bonds is 16. The summed E-state index contributed by atoms with van der Waals surface area (Å²) in [4.78, 5) is 11.0. The van der Waals surface area contributed by atoms with Crippen LogP contribution >= 0.6 is 37.2 Å². The van der Waals surface area contributed by atoms with Crippen molar-refractivity contribution in [2.45, 2.75) is 51.5 Å². The van der Waals surface area contributed by atoms with Crippen molar-refractivity contribution in [2.75, 3.05) is 52.4 Å². The van der Waals surface area contributed by atoms with Crippen LogP contribution in [0.25, 0.3) is 0 Å². The van der Waals surface area contributed by atoms with Crippen molar-refractivity contribution in [1.82, 2.24) is 14.7 Å². The lowest BCUT2D eigenvalue weighted by Gasteiger charge is -2.34. The van der Waals surface area contributed by atoms with Gasteiger partial charge in [0.2, 0.25) is 12.2 Å². The van der Waals surface area contributed by atoms with Gasteiger partial charge in [-0.2, -0.15) is 5.26 Å². The van der Waals surface area contributed by atoms with E-state index >= 15 is 0 Å². The van der Waals surface area contributed by atoms with Gasteiger partial charge in [0.25, 0.3) is 0 Å². The van der Waals surface area contributed by atoms with E-state index in [0.717, 1.165) is 57.8 Å². The van der Waals surface area contributed by atoms with Crippen molar-refractivity contribution >= 4 is 43.2 Å². The predicted molar refractivity (Wildman–Crippen MR) is 173 cm³/mol. The number of nitriles is 1. The van der Waals surface area contributed by atoms with E-state index in [-0.39, 0.29) is 37.2 Å². The van der Waals surface area contributed by atoms with E-state index in [1.165, 1.54) is 50.9 Å². The first kappa shape index (κ1) is 37.8. The van der Waals surface area contributed by atoms with Crippen molar-refractivity contribution in [3.63, 3.8) is 0 Å². The van der Waals surface area contributed by atoms with Crippen LogP contribution in [0.15, 0.2) is 65.7 Å². The molecule has 0 unspecified atom stereocenters. The standard InChI is InChI=1S/C30H44N6O.3ClH/c31-27-33-30(32)36(26-28-14-6-4-7-15-28)20-12-11-19-35-23-21-34(22-24-35)18-10-2-1-3-13-25-37-29-16-8-5-9-17-29;;;/h4-9,14-17H,1-3,10-13,18-26H2,(H2,32,33);3*1H. The molecule has 2 aromatic carbocycles. The highest BCUT2D eigenvalue weighted by Crippen LogP contribution is 2.12. The molecule has 2 N–H and O–H groups in total. The molecule has 224 valence electrons. The van der Waals surface area contributed by atoms with Gasteiger partial charge in [0, 0.05) is 39.3 Å². The molecule has 7 nitrogen and oxygen atoms in total. The van der Waals surface area contributed by atoms with Gasteiger partial charge in [-0.3, -0.25) is 0 Å². The molecule has 0 aromatic heterocycles. The third kappa shape index (κ3) is 15.5. The summed E-state index contributed by atoms with van der Waals surface area (Å²) in [6.45, 7) is 9.30. The van der Waals surface area contributed by atoms with Gasteiger partial charge in [-0.1, -0.05) is 67.8 Å². The molecule has 0 radical (unpaired) electrons. The molecular weight excluding hydrogens is 567 g/mol. The normalized spacial score (nSPS) is 13.7. The Morgan fingerprint density at radius 2 is 1.30 bits per heavy atom. The fraction of sp³-hybridized carbons (Fsp3) is 0.533. The summed E-state index contributed by atoms with van der Waals surface area (Å²) in [5, 5.41) is 8.90. The maximum absolute atomic E-state index is 8.90. The Morgan fingerprint density at radius 1 is 0.775 bits per heavy atom. The smallest absolute Gasteiger partial charge is 0.209 e. The third-order valence-electron chi connectivity index (χ3n) is 6.95. The summed E-state index contributed by atoms with van der Waals surface area (Å²) in [5.41, 5.74) is 7.22. The van der Waals surface area contributed by atoms with E-state index in [1.807, 2.05) is 59.6 Å². The lowest BCUT2D eigenvalue weighted by molar-refractivity contribution is 0.128. The monoisotopic (exact) mass is 612 g/mol. The van der Waals surface area contributed by atoms with Gasteiger partial charge < -0.3 is 25.2 Å². The highest BCUT2D eigenvalue weighted by molar-refractivity contribution is 5.86. The fourth-order valence-electron chi connectivity index (χ4n) is 4.75. The lowest BCUT2D eigenvalue weighted by atomic mass is 10.1. The van der Waals surface area contributed by atoms with Crippen molar-refractivity contribution < 1.29 is 4.74 Å². The minimum absolute atomic E-state index is 0. The van der Waals surface area contributed by atoms with Gasteiger partial charge in [0.05, 0.1) is 6.61 Å². The van der Waals surface area contributed by atoms with Crippen LogP contribution in [-0.4, -0.2) is 73.1 Å². The van der Waals surface area contributed by atoms with Gasteiger partial charge in [-0.15, -0.1) is 42.2 Å². The van der Waals surface area contributed by atoms with Crippen LogP contribution in [-0.2, 0) is 6.54 Å². The zero-order valence-corrected chi connectivity index (χ0v) is 26.0. The number of nitrogens with zero attached hydrogens (tertiary/aromatic N) is 5. The van der Waals surface area contributed by atoms with E-state index in [9.17, 15) is 0 Å². The van der Waals surface area contributed by atoms with Crippen LogP contribution < -0.4 is 10.5 Å². The Hall–Kier alpha value is -2.21. The molecule has 0 amide bonds. The molecule has 0 bridgehead atoms. The van der Waals surface area contributed by atoms with Crippen LogP contribution in [0.4, 0.5) is 0 Å². The average molecular weight is 614 g/mol. The average Bonchev–Trinajstić information content (AvgIpc) is 2.94. The van der Waals surface area contributed by atoms with E-state index in [1.54, 1.807) is 0 Å². The summed E-state index contributed by atoms with van der Waals surface area (Å²) < 4.78 is 5.77. The molecule has 0 spiro atoms. The second kappa shape index (κ2) is 23.5. The van der Waals surface area contributed by atoms with Crippen LogP contribution in [0.3, 0.4) is 0 Å². The first-order chi connectivity index (χ1) is 18.2. The number of unbranched alkanes of at least 4 members (excludes halogenated alkanes) is 5. The van der Waals surface area contributed by atoms with Gasteiger partial charge >= 0.3 is 0 Å². The minimum atomic E-state index is 0. The second-order valence-electron chi connectivity index (χ2n) is 9.80. The molecule has 1 heterocycles. The first-order valence-electron chi connectivity index (χ1n) is 13.9. The summed E-state index contributed by atoms with van der Waals surface area (Å²) >= 11 is 0. The Morgan fingerprint density at radius 3 is 1.90 bits per heavy atom. The number of halogens is 3. The maximum Gasteiger partial charge on any atom is 0.209 e. The van der Waals surface area contributed by atoms with Gasteiger partial charge in [0.1, 0.15) is 5.75 Å². The number of aliphatic imine (C=N–C) groups is 1. The van der Waals surface area contributed by atoms with E-state index < -0.39 is 0 Å². The molecule has 0 aliphatic carbocycles. The molecule has 0 atom stereocenters. The molecular formula is C30H47Cl3N6O. The van der Waals surface area contributed by atoms with Crippen molar-refractivity contribution in [2.24, 2.45) is 10.7 Å². The highest BCUT2D eigenvalue weighted by atomic mass is 35.5. The Bertz CT molecular complexity index is 937. The summed E-state index contributed by atoms with van der Waals surface area (Å²) in [7, 11) is 0. The van der Waals surface area contributed by atoms with E-state index in [0.29, 0.717) is 12.5 Å². The van der Waals surface area contributed by atoms with Crippen molar-refractivity contribution in [3.05, 3.63) is 66.2 Å². The van der Waals surface area contributed by atoms with Gasteiger partial charge in [0.15, 0.2) is 0 Å². The van der Waals surface area contributed by atoms with E-state index in [4.69, 9.17) is 15.7 Å². The Labute approximate surface area is 260 Å². The first-order valence-corrected chi connectivity index (χ1v) is 13.9. The van der Waals surface area contributed by atoms with Crippen LogP contribution in [0.1, 0.15) is 50.5 Å². The Kier molecular flexibility index (Phi) is 22.2. The van der Waals surface area contributed by atoms with E-state index in [2.05, 4.69) is 26.9 Å². The molecule has 2 aromatic rings. The van der Waals surface area contributed by atoms with Crippen LogP contribution in [0.2, 0.25) is 0 Å². The minimum Gasteiger partial charge on any atom is -0.494 e. The number of para-hydroxylation sites is 1. The number of guanidine groups is 1. The number of piperazine rings is 1. The number of hydrogen-bond acceptors (Lipinski definition) is 5. The molecule has 3 rings (SSSR count). The zero-order valence-electron chi connectivity index (χ0n) is 23.5. The molecule has 1 saturated heterocycles. The summed E-state index contributed by atoms with van der Waals surface area (Å²) in [5.74, 6) is 1.28. The largest absolute Gasteiger partial charge is 0.494 e. The molecule has 0 saturated carbocycles. The van der Waals surface area contributed by atoms with Crippen molar-refractivity contribution in [1.29, 1.82) is 5.26 Å². The fourth-order valence-corrected chi connectivity index (χ4v) is 4.75. The number of benzene rings is 2. The van der Waals surface area contributed by atoms with Gasteiger partial charge in [-0.25, -0.2) is 0 Å².